The van der Waals surface area contributed by atoms with E-state index in [0.717, 1.165) is 5.69 Å². The SMILES string of the molecule is Cc1cnc(CNC(=O)c2cccc(C(=O)O)n2)cn1. The van der Waals surface area contributed by atoms with Gasteiger partial charge in [-0.15, -0.1) is 0 Å². The quantitative estimate of drug-likeness (QED) is 0.853. The van der Waals surface area contributed by atoms with E-state index in [1.165, 1.54) is 18.2 Å². The first-order valence-electron chi connectivity index (χ1n) is 5.82. The lowest BCUT2D eigenvalue weighted by Crippen LogP contribution is -2.25. The van der Waals surface area contributed by atoms with E-state index in [-0.39, 0.29) is 17.9 Å². The Labute approximate surface area is 114 Å². The zero-order valence-corrected chi connectivity index (χ0v) is 10.7. The fourth-order valence-corrected chi connectivity index (χ4v) is 1.45. The fraction of sp³-hybridized carbons (Fsp3) is 0.154. The number of amides is 1. The first-order chi connectivity index (χ1) is 9.56. The summed E-state index contributed by atoms with van der Waals surface area (Å²) in [5, 5.41) is 11.4. The summed E-state index contributed by atoms with van der Waals surface area (Å²) in [4.78, 5) is 34.5. The molecule has 0 aliphatic rings. The summed E-state index contributed by atoms with van der Waals surface area (Å²) in [6.45, 7) is 2.02. The molecule has 0 aromatic carbocycles. The number of carboxylic acids is 1. The van der Waals surface area contributed by atoms with Crippen LogP contribution in [0.2, 0.25) is 0 Å². The molecule has 2 aromatic rings. The third-order valence-electron chi connectivity index (χ3n) is 2.47. The number of carbonyl (C=O) groups is 2. The molecule has 0 radical (unpaired) electrons. The van der Waals surface area contributed by atoms with E-state index in [1.807, 2.05) is 6.92 Å². The highest BCUT2D eigenvalue weighted by Gasteiger charge is 2.11. The molecule has 0 spiro atoms. The van der Waals surface area contributed by atoms with Gasteiger partial charge in [0.15, 0.2) is 0 Å². The maximum atomic E-state index is 11.8. The third kappa shape index (κ3) is 3.35. The molecule has 0 unspecified atom stereocenters. The predicted molar refractivity (Wildman–Crippen MR) is 69.1 cm³/mol. The highest BCUT2D eigenvalue weighted by molar-refractivity contribution is 5.94. The number of aromatic nitrogens is 3. The van der Waals surface area contributed by atoms with E-state index < -0.39 is 11.9 Å². The zero-order valence-electron chi connectivity index (χ0n) is 10.7. The number of nitrogens with one attached hydrogen (secondary N) is 1. The van der Waals surface area contributed by atoms with Crippen LogP contribution in [0.25, 0.3) is 0 Å². The smallest absolute Gasteiger partial charge is 0.354 e. The van der Waals surface area contributed by atoms with E-state index in [4.69, 9.17) is 5.11 Å². The van der Waals surface area contributed by atoms with Crippen molar-refractivity contribution in [3.63, 3.8) is 0 Å². The van der Waals surface area contributed by atoms with Crippen molar-refractivity contribution in [3.05, 3.63) is 53.4 Å². The Hall–Kier alpha value is -2.83. The van der Waals surface area contributed by atoms with E-state index in [1.54, 1.807) is 12.4 Å². The monoisotopic (exact) mass is 272 g/mol. The maximum Gasteiger partial charge on any atom is 0.354 e. The Kier molecular flexibility index (Phi) is 3.99. The molecule has 0 saturated heterocycles. The van der Waals surface area contributed by atoms with Gasteiger partial charge < -0.3 is 10.4 Å². The number of aryl methyl sites for hydroxylation is 1. The van der Waals surface area contributed by atoms with Crippen molar-refractivity contribution in [2.45, 2.75) is 13.5 Å². The molecule has 7 nitrogen and oxygen atoms in total. The van der Waals surface area contributed by atoms with Crippen molar-refractivity contribution in [2.75, 3.05) is 0 Å². The first kappa shape index (κ1) is 13.6. The lowest BCUT2D eigenvalue weighted by Gasteiger charge is -2.04. The highest BCUT2D eigenvalue weighted by Crippen LogP contribution is 2.00. The number of rotatable bonds is 4. The largest absolute Gasteiger partial charge is 0.477 e. The van der Waals surface area contributed by atoms with E-state index in [2.05, 4.69) is 20.3 Å². The maximum absolute atomic E-state index is 11.8. The Balaban J connectivity index is 2.03. The first-order valence-corrected chi connectivity index (χ1v) is 5.82. The van der Waals surface area contributed by atoms with Crippen LogP contribution in [0, 0.1) is 6.92 Å². The standard InChI is InChI=1S/C13H12N4O3/c1-8-5-15-9(6-14-8)7-16-12(18)10-3-2-4-11(17-10)13(19)20/h2-6H,7H2,1H3,(H,16,18)(H,19,20). The Morgan fingerprint density at radius 1 is 1.20 bits per heavy atom. The molecule has 2 N–H and O–H groups in total. The molecule has 20 heavy (non-hydrogen) atoms. The lowest BCUT2D eigenvalue weighted by atomic mass is 10.3. The van der Waals surface area contributed by atoms with Gasteiger partial charge in [-0.25, -0.2) is 9.78 Å². The summed E-state index contributed by atoms with van der Waals surface area (Å²) in [5.41, 5.74) is 1.27. The zero-order chi connectivity index (χ0) is 14.5. The van der Waals surface area contributed by atoms with Crippen LogP contribution in [-0.4, -0.2) is 31.9 Å². The highest BCUT2D eigenvalue weighted by atomic mass is 16.4. The molecule has 0 aliphatic heterocycles. The van der Waals surface area contributed by atoms with Crippen molar-refractivity contribution in [1.29, 1.82) is 0 Å². The van der Waals surface area contributed by atoms with E-state index in [9.17, 15) is 9.59 Å². The van der Waals surface area contributed by atoms with Crippen LogP contribution in [0.3, 0.4) is 0 Å². The molecule has 0 atom stereocenters. The van der Waals surface area contributed by atoms with Gasteiger partial charge >= 0.3 is 5.97 Å². The second kappa shape index (κ2) is 5.87. The average Bonchev–Trinajstić information content (AvgIpc) is 2.46. The number of hydrogen-bond acceptors (Lipinski definition) is 5. The van der Waals surface area contributed by atoms with Gasteiger partial charge in [-0.05, 0) is 19.1 Å². The van der Waals surface area contributed by atoms with Crippen molar-refractivity contribution in [3.8, 4) is 0 Å². The summed E-state index contributed by atoms with van der Waals surface area (Å²) in [5.74, 6) is -1.64. The van der Waals surface area contributed by atoms with Crippen LogP contribution in [0.1, 0.15) is 32.4 Å². The number of pyridine rings is 1. The Morgan fingerprint density at radius 2 is 1.95 bits per heavy atom. The summed E-state index contributed by atoms with van der Waals surface area (Å²) in [6, 6.07) is 4.24. The molecular formula is C13H12N4O3. The van der Waals surface area contributed by atoms with Crippen LogP contribution >= 0.6 is 0 Å². The second-order valence-corrected chi connectivity index (χ2v) is 4.05. The summed E-state index contributed by atoms with van der Waals surface area (Å²) < 4.78 is 0. The molecular weight excluding hydrogens is 260 g/mol. The summed E-state index contributed by atoms with van der Waals surface area (Å²) in [6.07, 6.45) is 3.17. The minimum absolute atomic E-state index is 0.0463. The van der Waals surface area contributed by atoms with Gasteiger partial charge in [0.2, 0.25) is 0 Å². The van der Waals surface area contributed by atoms with Crippen molar-refractivity contribution >= 4 is 11.9 Å². The van der Waals surface area contributed by atoms with Gasteiger partial charge in [0.25, 0.3) is 5.91 Å². The fourth-order valence-electron chi connectivity index (χ4n) is 1.45. The normalized spacial score (nSPS) is 10.1. The molecule has 2 heterocycles. The number of hydrogen-bond donors (Lipinski definition) is 2. The van der Waals surface area contributed by atoms with Gasteiger partial charge in [-0.3, -0.25) is 14.8 Å². The molecule has 2 aromatic heterocycles. The van der Waals surface area contributed by atoms with Gasteiger partial charge in [-0.2, -0.15) is 0 Å². The van der Waals surface area contributed by atoms with Crippen LogP contribution in [0.4, 0.5) is 0 Å². The predicted octanol–water partition coefficient (Wildman–Crippen LogP) is 0.808. The second-order valence-electron chi connectivity index (χ2n) is 4.05. The summed E-state index contributed by atoms with van der Waals surface area (Å²) >= 11 is 0. The van der Waals surface area contributed by atoms with Crippen LogP contribution in [-0.2, 0) is 6.54 Å². The number of carbonyl (C=O) groups excluding carboxylic acids is 1. The molecule has 2 rings (SSSR count). The van der Waals surface area contributed by atoms with Gasteiger partial charge in [0, 0.05) is 6.20 Å². The summed E-state index contributed by atoms with van der Waals surface area (Å²) in [7, 11) is 0. The molecule has 1 amide bonds. The molecule has 7 heteroatoms. The topological polar surface area (TPSA) is 105 Å². The molecule has 0 aliphatic carbocycles. The van der Waals surface area contributed by atoms with Crippen molar-refractivity contribution in [2.24, 2.45) is 0 Å². The number of carboxylic acid groups (broad SMARTS) is 1. The van der Waals surface area contributed by atoms with Gasteiger partial charge in [-0.1, -0.05) is 6.07 Å². The molecule has 0 saturated carbocycles. The number of aromatic carboxylic acids is 1. The van der Waals surface area contributed by atoms with Gasteiger partial charge in [0.05, 0.1) is 24.1 Å². The Bertz CT molecular complexity index is 640. The van der Waals surface area contributed by atoms with Gasteiger partial charge in [0.1, 0.15) is 11.4 Å². The Morgan fingerprint density at radius 3 is 2.60 bits per heavy atom. The lowest BCUT2D eigenvalue weighted by molar-refractivity contribution is 0.0690. The minimum atomic E-state index is -1.18. The van der Waals surface area contributed by atoms with E-state index >= 15 is 0 Å². The number of nitrogens with zero attached hydrogens (tertiary/aromatic N) is 3. The van der Waals surface area contributed by atoms with Crippen LogP contribution in [0.15, 0.2) is 30.6 Å². The third-order valence-corrected chi connectivity index (χ3v) is 2.47. The minimum Gasteiger partial charge on any atom is -0.477 e. The molecule has 0 bridgehead atoms. The van der Waals surface area contributed by atoms with E-state index in [0.29, 0.717) is 5.69 Å². The molecule has 0 fully saturated rings. The van der Waals surface area contributed by atoms with Crippen molar-refractivity contribution < 1.29 is 14.7 Å². The van der Waals surface area contributed by atoms with Crippen LogP contribution < -0.4 is 5.32 Å². The van der Waals surface area contributed by atoms with Crippen molar-refractivity contribution in [1.82, 2.24) is 20.3 Å². The van der Waals surface area contributed by atoms with Crippen LogP contribution in [0.5, 0.6) is 0 Å². The average molecular weight is 272 g/mol. The molecule has 102 valence electrons.